The Labute approximate surface area is 99.2 Å². The largest absolute Gasteiger partial charge is 1.00 e. The van der Waals surface area contributed by atoms with Gasteiger partial charge in [0.05, 0.1) is 21.1 Å². The normalized spacial score (nSPS) is 10.8. The van der Waals surface area contributed by atoms with Gasteiger partial charge in [0.25, 0.3) is 0 Å². The van der Waals surface area contributed by atoms with E-state index in [1.807, 2.05) is 0 Å². The molecular formula is C10H15Br2N. The first-order valence-corrected chi connectivity index (χ1v) is 5.13. The minimum Gasteiger partial charge on any atom is -1.00 e. The maximum absolute atomic E-state index is 3.43. The van der Waals surface area contributed by atoms with E-state index >= 15 is 0 Å². The van der Waals surface area contributed by atoms with Crippen LogP contribution in [0.15, 0.2) is 24.3 Å². The van der Waals surface area contributed by atoms with Crippen molar-refractivity contribution in [3.63, 3.8) is 0 Å². The number of benzene rings is 1. The fourth-order valence-corrected chi connectivity index (χ4v) is 1.41. The average molecular weight is 309 g/mol. The smallest absolute Gasteiger partial charge is 0.132 e. The summed E-state index contributed by atoms with van der Waals surface area (Å²) in [4.78, 5) is 0. The second kappa shape index (κ2) is 5.13. The Morgan fingerprint density at radius 3 is 1.85 bits per heavy atom. The molecule has 0 aliphatic rings. The summed E-state index contributed by atoms with van der Waals surface area (Å²) in [6.07, 6.45) is 0. The molecule has 0 atom stereocenters. The van der Waals surface area contributed by atoms with E-state index in [0.29, 0.717) is 0 Å². The lowest BCUT2D eigenvalue weighted by Crippen LogP contribution is -3.00. The van der Waals surface area contributed by atoms with Crippen molar-refractivity contribution in [1.82, 2.24) is 4.48 Å². The second-order valence-electron chi connectivity index (χ2n) is 3.81. The fourth-order valence-electron chi connectivity index (χ4n) is 1.03. The van der Waals surface area contributed by atoms with Crippen LogP contribution in [0.25, 0.3) is 0 Å². The van der Waals surface area contributed by atoms with Gasteiger partial charge in [-0.05, 0) is 17.7 Å². The van der Waals surface area contributed by atoms with Gasteiger partial charge in [-0.3, -0.25) is 4.48 Å². The van der Waals surface area contributed by atoms with Gasteiger partial charge >= 0.3 is 0 Å². The van der Waals surface area contributed by atoms with Crippen LogP contribution in [0.5, 0.6) is 0 Å². The Morgan fingerprint density at radius 1 is 1.08 bits per heavy atom. The van der Waals surface area contributed by atoms with Crippen LogP contribution >= 0.6 is 15.9 Å². The van der Waals surface area contributed by atoms with E-state index in [2.05, 4.69) is 61.3 Å². The van der Waals surface area contributed by atoms with E-state index in [9.17, 15) is 0 Å². The highest BCUT2D eigenvalue weighted by Gasteiger charge is 2.10. The highest BCUT2D eigenvalue weighted by Crippen LogP contribution is 2.17. The zero-order chi connectivity index (χ0) is 9.19. The van der Waals surface area contributed by atoms with Crippen molar-refractivity contribution in [1.29, 1.82) is 0 Å². The first kappa shape index (κ1) is 13.1. The second-order valence-corrected chi connectivity index (χ2v) is 4.37. The van der Waals surface area contributed by atoms with Gasteiger partial charge in [-0.2, -0.15) is 0 Å². The van der Waals surface area contributed by atoms with Gasteiger partial charge < -0.3 is 17.0 Å². The molecule has 0 heterocycles. The molecule has 0 saturated heterocycles. The average Bonchev–Trinajstić information content (AvgIpc) is 2.03. The van der Waals surface area contributed by atoms with Gasteiger partial charge in [-0.1, -0.05) is 28.1 Å². The number of nitrogens with zero attached hydrogens (tertiary/aromatic N) is 1. The topological polar surface area (TPSA) is 0 Å². The predicted molar refractivity (Wildman–Crippen MR) is 58.6 cm³/mol. The zero-order valence-corrected chi connectivity index (χ0v) is 11.4. The van der Waals surface area contributed by atoms with Crippen LogP contribution in [0.2, 0.25) is 0 Å². The first-order valence-electron chi connectivity index (χ1n) is 4.01. The fraction of sp³-hybridized carbons (Fsp3) is 0.400. The Hall–Kier alpha value is 0.140. The summed E-state index contributed by atoms with van der Waals surface area (Å²) in [5.41, 5.74) is 2.66. The number of hydrogen-bond acceptors (Lipinski definition) is 0. The van der Waals surface area contributed by atoms with Crippen LogP contribution in [0.4, 0.5) is 5.69 Å². The summed E-state index contributed by atoms with van der Waals surface area (Å²) >= 11 is 3.43. The molecule has 0 N–H and O–H groups in total. The summed E-state index contributed by atoms with van der Waals surface area (Å²) in [5, 5.41) is 0.935. The molecule has 74 valence electrons. The van der Waals surface area contributed by atoms with E-state index in [1.54, 1.807) is 0 Å². The lowest BCUT2D eigenvalue weighted by molar-refractivity contribution is -0.00000269. The molecule has 0 aliphatic heterocycles. The number of alkyl halides is 1. The maximum Gasteiger partial charge on any atom is 0.132 e. The summed E-state index contributed by atoms with van der Waals surface area (Å²) in [7, 11) is 6.51. The summed E-state index contributed by atoms with van der Waals surface area (Å²) in [6.45, 7) is 0. The van der Waals surface area contributed by atoms with Gasteiger partial charge in [-0.15, -0.1) is 0 Å². The Balaban J connectivity index is 0.00000144. The molecule has 0 aromatic heterocycles. The van der Waals surface area contributed by atoms with E-state index in [1.165, 1.54) is 11.3 Å². The van der Waals surface area contributed by atoms with Gasteiger partial charge in [-0.25, -0.2) is 0 Å². The monoisotopic (exact) mass is 307 g/mol. The molecule has 0 radical (unpaired) electrons. The summed E-state index contributed by atoms with van der Waals surface area (Å²) in [5.74, 6) is 0. The van der Waals surface area contributed by atoms with Crippen molar-refractivity contribution < 1.29 is 17.0 Å². The number of hydrogen-bond donors (Lipinski definition) is 0. The highest BCUT2D eigenvalue weighted by molar-refractivity contribution is 9.08. The van der Waals surface area contributed by atoms with Crippen LogP contribution < -0.4 is 21.5 Å². The molecule has 0 aliphatic carbocycles. The molecule has 3 heteroatoms. The number of rotatable bonds is 2. The van der Waals surface area contributed by atoms with Crippen LogP contribution in [0.1, 0.15) is 5.56 Å². The van der Waals surface area contributed by atoms with Gasteiger partial charge in [0.2, 0.25) is 0 Å². The van der Waals surface area contributed by atoms with Gasteiger partial charge in [0.15, 0.2) is 0 Å². The van der Waals surface area contributed by atoms with Crippen LogP contribution in [0, 0.1) is 0 Å². The van der Waals surface area contributed by atoms with E-state index in [0.717, 1.165) is 9.81 Å². The van der Waals surface area contributed by atoms with Crippen molar-refractivity contribution in [2.45, 2.75) is 5.33 Å². The third-order valence-electron chi connectivity index (χ3n) is 1.87. The lowest BCUT2D eigenvalue weighted by atomic mass is 10.2. The predicted octanol–water partition coefficient (Wildman–Crippen LogP) is -0.218. The molecule has 13 heavy (non-hydrogen) atoms. The molecule has 0 saturated carbocycles. The van der Waals surface area contributed by atoms with Crippen molar-refractivity contribution in [3.8, 4) is 0 Å². The number of halogens is 2. The zero-order valence-electron chi connectivity index (χ0n) is 8.22. The Kier molecular flexibility index (Phi) is 5.18. The van der Waals surface area contributed by atoms with Crippen LogP contribution in [-0.4, -0.2) is 21.1 Å². The van der Waals surface area contributed by atoms with E-state index < -0.39 is 0 Å². The lowest BCUT2D eigenvalue weighted by Gasteiger charge is -2.23. The molecular weight excluding hydrogens is 294 g/mol. The Bertz CT molecular complexity index is 249. The minimum absolute atomic E-state index is 0. The molecule has 1 nitrogen and oxygen atoms in total. The Morgan fingerprint density at radius 2 is 1.54 bits per heavy atom. The minimum atomic E-state index is 0. The van der Waals surface area contributed by atoms with Gasteiger partial charge in [0.1, 0.15) is 5.69 Å². The van der Waals surface area contributed by atoms with E-state index in [4.69, 9.17) is 0 Å². The highest BCUT2D eigenvalue weighted by atomic mass is 79.9. The molecule has 1 rings (SSSR count). The molecule has 0 bridgehead atoms. The van der Waals surface area contributed by atoms with E-state index in [-0.39, 0.29) is 17.0 Å². The van der Waals surface area contributed by atoms with Crippen molar-refractivity contribution in [3.05, 3.63) is 29.8 Å². The van der Waals surface area contributed by atoms with Gasteiger partial charge in [0, 0.05) is 5.33 Å². The molecule has 0 unspecified atom stereocenters. The standard InChI is InChI=1S/C10H15BrN.BrH/c1-12(2,3)10-6-4-9(8-11)5-7-10;/h4-7H,8H2,1-3H3;1H/q+1;/p-1. The maximum atomic E-state index is 3.43. The third-order valence-corrected chi connectivity index (χ3v) is 2.51. The van der Waals surface area contributed by atoms with Crippen LogP contribution in [0.3, 0.4) is 0 Å². The molecule has 1 aromatic carbocycles. The van der Waals surface area contributed by atoms with Crippen molar-refractivity contribution in [2.24, 2.45) is 0 Å². The van der Waals surface area contributed by atoms with Crippen molar-refractivity contribution >= 4 is 21.6 Å². The summed E-state index contributed by atoms with van der Waals surface area (Å²) in [6, 6.07) is 8.67. The third kappa shape index (κ3) is 3.79. The quantitative estimate of drug-likeness (QED) is 0.524. The first-order chi connectivity index (χ1) is 5.54. The molecule has 0 spiro atoms. The SMILES string of the molecule is C[N+](C)(C)c1ccc(CBr)cc1.[Br-]. The molecule has 0 amide bonds. The van der Waals surface area contributed by atoms with Crippen molar-refractivity contribution in [2.75, 3.05) is 21.1 Å². The molecule has 1 aromatic rings. The van der Waals surface area contributed by atoms with Crippen LogP contribution in [-0.2, 0) is 5.33 Å². The number of quaternary nitrogens is 1. The summed E-state index contributed by atoms with van der Waals surface area (Å²) < 4.78 is 0.878. The molecule has 0 fully saturated rings.